The average molecular weight is 410 g/mol. The Hall–Kier alpha value is -1.78. The van der Waals surface area contributed by atoms with Crippen LogP contribution >= 0.6 is 12.4 Å². The summed E-state index contributed by atoms with van der Waals surface area (Å²) in [7, 11) is 1.62. The zero-order chi connectivity index (χ0) is 19.3. The third-order valence-electron chi connectivity index (χ3n) is 4.63. The molecule has 2 aromatic rings. The molecule has 0 amide bonds. The van der Waals surface area contributed by atoms with Crippen LogP contribution in [-0.2, 0) is 13.2 Å². The minimum atomic E-state index is -0.254. The molecule has 3 nitrogen and oxygen atoms in total. The number of rotatable bonds is 13. The monoisotopic (exact) mass is 409 g/mol. The number of halogens is 2. The zero-order valence-corrected chi connectivity index (χ0v) is 17.8. The standard InChI is InChI=1S/C23H32FNO2.ClH/c1-3-4-5-6-7-10-16-25-17-19-13-11-15-22(26-2)23(19)27-18-20-12-8-9-14-21(20)24;/h8-9,11-15,25H,3-7,10,16-18H2,1-2H3;1H. The van der Waals surface area contributed by atoms with Gasteiger partial charge in [-0.05, 0) is 25.1 Å². The molecule has 0 unspecified atom stereocenters. The molecule has 28 heavy (non-hydrogen) atoms. The van der Waals surface area contributed by atoms with E-state index in [-0.39, 0.29) is 24.8 Å². The van der Waals surface area contributed by atoms with Crippen LogP contribution in [0.25, 0.3) is 0 Å². The van der Waals surface area contributed by atoms with Gasteiger partial charge in [0.25, 0.3) is 0 Å². The Balaban J connectivity index is 0.00000392. The predicted octanol–water partition coefficient (Wildman–Crippen LogP) is 6.29. The summed E-state index contributed by atoms with van der Waals surface area (Å²) < 4.78 is 25.2. The van der Waals surface area contributed by atoms with E-state index < -0.39 is 0 Å². The van der Waals surface area contributed by atoms with E-state index in [1.807, 2.05) is 24.3 Å². The lowest BCUT2D eigenvalue weighted by atomic mass is 10.1. The number of hydrogen-bond acceptors (Lipinski definition) is 3. The van der Waals surface area contributed by atoms with Gasteiger partial charge in [-0.2, -0.15) is 0 Å². The normalized spacial score (nSPS) is 10.4. The third-order valence-corrected chi connectivity index (χ3v) is 4.63. The van der Waals surface area contributed by atoms with E-state index in [4.69, 9.17) is 9.47 Å². The van der Waals surface area contributed by atoms with E-state index >= 15 is 0 Å². The quantitative estimate of drug-likeness (QED) is 0.394. The highest BCUT2D eigenvalue weighted by Gasteiger charge is 2.12. The molecule has 2 aromatic carbocycles. The van der Waals surface area contributed by atoms with Crippen LogP contribution in [0.15, 0.2) is 42.5 Å². The van der Waals surface area contributed by atoms with E-state index in [9.17, 15) is 4.39 Å². The fraction of sp³-hybridized carbons (Fsp3) is 0.478. The van der Waals surface area contributed by atoms with Crippen LogP contribution in [0.1, 0.15) is 56.6 Å². The number of unbranched alkanes of at least 4 members (excludes halogenated alkanes) is 5. The van der Waals surface area contributed by atoms with Crippen molar-refractivity contribution in [2.24, 2.45) is 0 Å². The molecule has 0 aliphatic heterocycles. The summed E-state index contributed by atoms with van der Waals surface area (Å²) in [4.78, 5) is 0. The van der Waals surface area contributed by atoms with Crippen molar-refractivity contribution in [3.63, 3.8) is 0 Å². The summed E-state index contributed by atoms with van der Waals surface area (Å²) in [6.45, 7) is 4.11. The maximum Gasteiger partial charge on any atom is 0.166 e. The van der Waals surface area contributed by atoms with Gasteiger partial charge in [0.15, 0.2) is 11.5 Å². The molecule has 1 N–H and O–H groups in total. The van der Waals surface area contributed by atoms with Gasteiger partial charge >= 0.3 is 0 Å². The van der Waals surface area contributed by atoms with Crippen LogP contribution in [0.5, 0.6) is 11.5 Å². The zero-order valence-electron chi connectivity index (χ0n) is 17.0. The molecule has 5 heteroatoms. The number of methoxy groups -OCH3 is 1. The Morgan fingerprint density at radius 2 is 1.61 bits per heavy atom. The molecular formula is C23H33ClFNO2. The highest BCUT2D eigenvalue weighted by molar-refractivity contribution is 5.85. The van der Waals surface area contributed by atoms with Gasteiger partial charge in [-0.25, -0.2) is 4.39 Å². The van der Waals surface area contributed by atoms with Crippen LogP contribution in [0.3, 0.4) is 0 Å². The smallest absolute Gasteiger partial charge is 0.166 e. The van der Waals surface area contributed by atoms with Crippen LogP contribution in [0.2, 0.25) is 0 Å². The molecule has 0 atom stereocenters. The number of nitrogens with one attached hydrogen (secondary N) is 1. The van der Waals surface area contributed by atoms with Gasteiger partial charge in [-0.1, -0.05) is 69.4 Å². The molecule has 0 heterocycles. The van der Waals surface area contributed by atoms with E-state index in [1.165, 1.54) is 44.6 Å². The van der Waals surface area contributed by atoms with Crippen LogP contribution < -0.4 is 14.8 Å². The molecule has 0 aromatic heterocycles. The summed E-state index contributed by atoms with van der Waals surface area (Å²) in [5.41, 5.74) is 1.56. The van der Waals surface area contributed by atoms with Gasteiger partial charge in [-0.3, -0.25) is 0 Å². The Morgan fingerprint density at radius 1 is 0.893 bits per heavy atom. The summed E-state index contributed by atoms with van der Waals surface area (Å²) >= 11 is 0. The number of para-hydroxylation sites is 1. The van der Waals surface area contributed by atoms with Crippen LogP contribution in [-0.4, -0.2) is 13.7 Å². The van der Waals surface area contributed by atoms with E-state index in [0.29, 0.717) is 23.6 Å². The fourth-order valence-corrected chi connectivity index (χ4v) is 3.04. The summed E-state index contributed by atoms with van der Waals surface area (Å²) in [6.07, 6.45) is 7.71. The minimum Gasteiger partial charge on any atom is -0.493 e. The third kappa shape index (κ3) is 8.07. The molecule has 0 saturated heterocycles. The van der Waals surface area contributed by atoms with Crippen molar-refractivity contribution in [3.8, 4) is 11.5 Å². The second-order valence-electron chi connectivity index (χ2n) is 6.77. The first-order valence-electron chi connectivity index (χ1n) is 9.99. The minimum absolute atomic E-state index is 0. The summed E-state index contributed by atoms with van der Waals surface area (Å²) in [6, 6.07) is 12.5. The molecule has 0 aliphatic carbocycles. The average Bonchev–Trinajstić information content (AvgIpc) is 2.69. The maximum absolute atomic E-state index is 13.9. The van der Waals surface area contributed by atoms with Crippen molar-refractivity contribution in [2.45, 2.75) is 58.6 Å². The Kier molecular flexibility index (Phi) is 12.3. The lowest BCUT2D eigenvalue weighted by molar-refractivity contribution is 0.276. The molecule has 156 valence electrons. The highest BCUT2D eigenvalue weighted by Crippen LogP contribution is 2.32. The number of ether oxygens (including phenoxy) is 2. The molecule has 0 radical (unpaired) electrons. The molecular weight excluding hydrogens is 377 g/mol. The Bertz CT molecular complexity index is 681. The number of benzene rings is 2. The molecule has 0 aliphatic rings. The lowest BCUT2D eigenvalue weighted by Crippen LogP contribution is -2.15. The summed E-state index contributed by atoms with van der Waals surface area (Å²) in [5, 5.41) is 3.48. The second kappa shape index (κ2) is 14.3. The second-order valence-corrected chi connectivity index (χ2v) is 6.77. The van der Waals surface area contributed by atoms with Gasteiger partial charge in [-0.15, -0.1) is 12.4 Å². The molecule has 2 rings (SSSR count). The first kappa shape index (κ1) is 24.3. The fourth-order valence-electron chi connectivity index (χ4n) is 3.04. The summed E-state index contributed by atoms with van der Waals surface area (Å²) in [5.74, 6) is 1.10. The largest absolute Gasteiger partial charge is 0.493 e. The van der Waals surface area contributed by atoms with Crippen molar-refractivity contribution in [1.82, 2.24) is 5.32 Å². The van der Waals surface area contributed by atoms with Crippen LogP contribution in [0.4, 0.5) is 4.39 Å². The molecule has 0 spiro atoms. The topological polar surface area (TPSA) is 30.5 Å². The van der Waals surface area contributed by atoms with Crippen LogP contribution in [0, 0.1) is 5.82 Å². The van der Waals surface area contributed by atoms with Gasteiger partial charge in [0.1, 0.15) is 12.4 Å². The first-order valence-corrected chi connectivity index (χ1v) is 9.99. The Labute approximate surface area is 175 Å². The lowest BCUT2D eigenvalue weighted by Gasteiger charge is -2.16. The molecule has 0 bridgehead atoms. The van der Waals surface area contributed by atoms with Crippen molar-refractivity contribution in [2.75, 3.05) is 13.7 Å². The molecule has 0 saturated carbocycles. The van der Waals surface area contributed by atoms with Gasteiger partial charge in [0.2, 0.25) is 0 Å². The van der Waals surface area contributed by atoms with Gasteiger partial charge in [0, 0.05) is 17.7 Å². The predicted molar refractivity (Wildman–Crippen MR) is 116 cm³/mol. The SMILES string of the molecule is CCCCCCCCNCc1cccc(OC)c1OCc1ccccc1F.Cl. The maximum atomic E-state index is 13.9. The van der Waals surface area contributed by atoms with E-state index in [2.05, 4.69) is 12.2 Å². The van der Waals surface area contributed by atoms with Crippen molar-refractivity contribution >= 4 is 12.4 Å². The highest BCUT2D eigenvalue weighted by atomic mass is 35.5. The van der Waals surface area contributed by atoms with Crippen molar-refractivity contribution < 1.29 is 13.9 Å². The number of hydrogen-bond donors (Lipinski definition) is 1. The van der Waals surface area contributed by atoms with E-state index in [0.717, 1.165) is 12.1 Å². The van der Waals surface area contributed by atoms with Crippen molar-refractivity contribution in [1.29, 1.82) is 0 Å². The van der Waals surface area contributed by atoms with E-state index in [1.54, 1.807) is 19.2 Å². The molecule has 0 fully saturated rings. The Morgan fingerprint density at radius 3 is 2.36 bits per heavy atom. The first-order chi connectivity index (χ1) is 13.3. The van der Waals surface area contributed by atoms with Crippen molar-refractivity contribution in [3.05, 3.63) is 59.4 Å². The van der Waals surface area contributed by atoms with Gasteiger partial charge in [0.05, 0.1) is 7.11 Å². The van der Waals surface area contributed by atoms with Gasteiger partial charge < -0.3 is 14.8 Å².